The average molecular weight is 230 g/mol. The molecule has 1 N–H and O–H groups in total. The van der Waals surface area contributed by atoms with Gasteiger partial charge in [0.2, 0.25) is 5.76 Å². The minimum Gasteiger partial charge on any atom is -0.351 e. The smallest absolute Gasteiger partial charge is 0.290 e. The van der Waals surface area contributed by atoms with E-state index >= 15 is 0 Å². The van der Waals surface area contributed by atoms with Crippen molar-refractivity contribution in [1.29, 1.82) is 0 Å². The Morgan fingerprint density at radius 2 is 2.06 bits per heavy atom. The van der Waals surface area contributed by atoms with Crippen molar-refractivity contribution in [2.45, 2.75) is 19.9 Å². The third kappa shape index (κ3) is 2.72. The number of carbonyl (C=O) groups excluding carboxylic acids is 1. The van der Waals surface area contributed by atoms with Gasteiger partial charge in [-0.15, -0.1) is 0 Å². The van der Waals surface area contributed by atoms with Crippen molar-refractivity contribution in [3.05, 3.63) is 53.4 Å². The van der Waals surface area contributed by atoms with E-state index in [4.69, 9.17) is 4.52 Å². The second kappa shape index (κ2) is 4.82. The first-order valence-corrected chi connectivity index (χ1v) is 5.46. The van der Waals surface area contributed by atoms with Crippen LogP contribution in [0.25, 0.3) is 0 Å². The first kappa shape index (κ1) is 11.4. The normalized spacial score (nSPS) is 12.1. The number of hydrogen-bond donors (Lipinski definition) is 1. The number of aromatic nitrogens is 1. The van der Waals surface area contributed by atoms with E-state index in [0.717, 1.165) is 5.56 Å². The molecule has 1 aromatic carbocycles. The van der Waals surface area contributed by atoms with Gasteiger partial charge >= 0.3 is 0 Å². The summed E-state index contributed by atoms with van der Waals surface area (Å²) in [5.74, 6) is -0.00719. The van der Waals surface area contributed by atoms with Crippen LogP contribution in [0.15, 0.2) is 40.9 Å². The summed E-state index contributed by atoms with van der Waals surface area (Å²) < 4.78 is 4.90. The Morgan fingerprint density at radius 3 is 2.65 bits per heavy atom. The molecule has 2 rings (SSSR count). The minimum absolute atomic E-state index is 0.0610. The Morgan fingerprint density at radius 1 is 1.35 bits per heavy atom. The van der Waals surface area contributed by atoms with E-state index in [1.54, 1.807) is 13.0 Å². The molecule has 0 fully saturated rings. The Labute approximate surface area is 99.6 Å². The van der Waals surface area contributed by atoms with Crippen molar-refractivity contribution in [2.24, 2.45) is 0 Å². The van der Waals surface area contributed by atoms with Crippen molar-refractivity contribution in [1.82, 2.24) is 10.5 Å². The van der Waals surface area contributed by atoms with Crippen LogP contribution >= 0.6 is 0 Å². The lowest BCUT2D eigenvalue weighted by atomic mass is 10.1. The molecule has 0 aliphatic heterocycles. The van der Waals surface area contributed by atoms with Crippen molar-refractivity contribution in [3.8, 4) is 0 Å². The molecule has 0 saturated heterocycles. The fraction of sp³-hybridized carbons (Fsp3) is 0.231. The number of hydrogen-bond acceptors (Lipinski definition) is 3. The maximum atomic E-state index is 11.8. The largest absolute Gasteiger partial charge is 0.351 e. The lowest BCUT2D eigenvalue weighted by molar-refractivity contribution is 0.0902. The highest BCUT2D eigenvalue weighted by Crippen LogP contribution is 2.12. The molecular weight excluding hydrogens is 216 g/mol. The molecule has 0 aliphatic rings. The second-order valence-corrected chi connectivity index (χ2v) is 3.94. The van der Waals surface area contributed by atoms with Crippen LogP contribution in [0.5, 0.6) is 0 Å². The monoisotopic (exact) mass is 230 g/mol. The zero-order valence-corrected chi connectivity index (χ0v) is 9.81. The standard InChI is InChI=1S/C13H14N2O2/c1-9-8-12(17-15-9)13(16)14-10(2)11-6-4-3-5-7-11/h3-8,10H,1-2H3,(H,14,16)/t10-/m1/s1. The van der Waals surface area contributed by atoms with Crippen molar-refractivity contribution < 1.29 is 9.32 Å². The second-order valence-electron chi connectivity index (χ2n) is 3.94. The Kier molecular flexibility index (Phi) is 3.23. The van der Waals surface area contributed by atoms with Gasteiger partial charge < -0.3 is 9.84 Å². The number of nitrogens with one attached hydrogen (secondary N) is 1. The Balaban J connectivity index is 2.04. The van der Waals surface area contributed by atoms with Crippen molar-refractivity contribution in [2.75, 3.05) is 0 Å². The lowest BCUT2D eigenvalue weighted by Gasteiger charge is -2.12. The van der Waals surface area contributed by atoms with E-state index in [2.05, 4.69) is 10.5 Å². The molecule has 17 heavy (non-hydrogen) atoms. The molecule has 1 aromatic heterocycles. The van der Waals surface area contributed by atoms with Crippen molar-refractivity contribution >= 4 is 5.91 Å². The zero-order chi connectivity index (χ0) is 12.3. The van der Waals surface area contributed by atoms with E-state index in [9.17, 15) is 4.79 Å². The molecule has 0 unspecified atom stereocenters. The van der Waals surface area contributed by atoms with Gasteiger partial charge in [-0.1, -0.05) is 35.5 Å². The fourth-order valence-corrected chi connectivity index (χ4v) is 1.56. The number of aryl methyl sites for hydroxylation is 1. The van der Waals surface area contributed by atoms with Gasteiger partial charge in [0.15, 0.2) is 0 Å². The third-order valence-corrected chi connectivity index (χ3v) is 2.50. The van der Waals surface area contributed by atoms with Crippen LogP contribution < -0.4 is 5.32 Å². The van der Waals surface area contributed by atoms with Crippen LogP contribution in [0.1, 0.15) is 34.8 Å². The number of carbonyl (C=O) groups is 1. The first-order valence-electron chi connectivity index (χ1n) is 5.46. The van der Waals surface area contributed by atoms with E-state index in [1.807, 2.05) is 37.3 Å². The summed E-state index contributed by atoms with van der Waals surface area (Å²) in [6.45, 7) is 3.71. The number of benzene rings is 1. The quantitative estimate of drug-likeness (QED) is 0.881. The van der Waals surface area contributed by atoms with Crippen LogP contribution in [0, 0.1) is 6.92 Å². The van der Waals surface area contributed by atoms with Crippen LogP contribution in [0.2, 0.25) is 0 Å². The van der Waals surface area contributed by atoms with Gasteiger partial charge in [0.25, 0.3) is 5.91 Å². The molecule has 4 heteroatoms. The molecule has 1 amide bonds. The molecule has 0 spiro atoms. The van der Waals surface area contributed by atoms with Gasteiger partial charge in [0.05, 0.1) is 11.7 Å². The highest BCUT2D eigenvalue weighted by atomic mass is 16.5. The molecule has 88 valence electrons. The molecule has 0 aliphatic carbocycles. The Hall–Kier alpha value is -2.10. The predicted octanol–water partition coefficient (Wildman–Crippen LogP) is 2.47. The van der Waals surface area contributed by atoms with Gasteiger partial charge in [-0.05, 0) is 19.4 Å². The van der Waals surface area contributed by atoms with Gasteiger partial charge in [-0.2, -0.15) is 0 Å². The maximum Gasteiger partial charge on any atom is 0.290 e. The molecule has 4 nitrogen and oxygen atoms in total. The summed E-state index contributed by atoms with van der Waals surface area (Å²) in [6, 6.07) is 11.3. The summed E-state index contributed by atoms with van der Waals surface area (Å²) in [6.07, 6.45) is 0. The first-order chi connectivity index (χ1) is 8.16. The maximum absolute atomic E-state index is 11.8. The molecule has 2 aromatic rings. The number of rotatable bonds is 3. The van der Waals surface area contributed by atoms with Gasteiger partial charge in [-0.25, -0.2) is 0 Å². The van der Waals surface area contributed by atoms with Crippen molar-refractivity contribution in [3.63, 3.8) is 0 Å². The zero-order valence-electron chi connectivity index (χ0n) is 9.81. The highest BCUT2D eigenvalue weighted by Gasteiger charge is 2.14. The van der Waals surface area contributed by atoms with Gasteiger partial charge in [-0.3, -0.25) is 4.79 Å². The summed E-state index contributed by atoms with van der Waals surface area (Å²) in [4.78, 5) is 11.8. The van der Waals surface area contributed by atoms with E-state index in [-0.39, 0.29) is 17.7 Å². The number of nitrogens with zero attached hydrogens (tertiary/aromatic N) is 1. The van der Waals surface area contributed by atoms with E-state index in [0.29, 0.717) is 5.69 Å². The minimum atomic E-state index is -0.248. The van der Waals surface area contributed by atoms with Crippen LogP contribution in [0.4, 0.5) is 0 Å². The van der Waals surface area contributed by atoms with Crippen LogP contribution in [0.3, 0.4) is 0 Å². The average Bonchev–Trinajstić information content (AvgIpc) is 2.77. The summed E-state index contributed by atoms with van der Waals surface area (Å²) >= 11 is 0. The Bertz CT molecular complexity index is 505. The summed E-state index contributed by atoms with van der Waals surface area (Å²) in [5, 5.41) is 6.53. The van der Waals surface area contributed by atoms with Crippen LogP contribution in [-0.4, -0.2) is 11.1 Å². The fourth-order valence-electron chi connectivity index (χ4n) is 1.56. The van der Waals surface area contributed by atoms with Crippen LogP contribution in [-0.2, 0) is 0 Å². The summed E-state index contributed by atoms with van der Waals surface area (Å²) in [7, 11) is 0. The topological polar surface area (TPSA) is 55.1 Å². The van der Waals surface area contributed by atoms with Gasteiger partial charge in [0, 0.05) is 6.07 Å². The molecule has 0 radical (unpaired) electrons. The number of amides is 1. The molecule has 0 bridgehead atoms. The molecular formula is C13H14N2O2. The molecule has 0 saturated carbocycles. The predicted molar refractivity (Wildman–Crippen MR) is 63.6 cm³/mol. The molecule has 1 heterocycles. The molecule has 1 atom stereocenters. The third-order valence-electron chi connectivity index (χ3n) is 2.50. The highest BCUT2D eigenvalue weighted by molar-refractivity contribution is 5.91. The SMILES string of the molecule is Cc1cc(C(=O)N[C@H](C)c2ccccc2)on1. The summed E-state index contributed by atoms with van der Waals surface area (Å²) in [5.41, 5.74) is 1.75. The lowest BCUT2D eigenvalue weighted by Crippen LogP contribution is -2.26. The van der Waals surface area contributed by atoms with E-state index in [1.165, 1.54) is 0 Å². The van der Waals surface area contributed by atoms with Gasteiger partial charge in [0.1, 0.15) is 0 Å². The van der Waals surface area contributed by atoms with E-state index < -0.39 is 0 Å².